The molecule has 0 aliphatic rings. The van der Waals surface area contributed by atoms with Gasteiger partial charge in [-0.25, -0.2) is 0 Å². The van der Waals surface area contributed by atoms with Crippen molar-refractivity contribution < 1.29 is 57.4 Å². The van der Waals surface area contributed by atoms with E-state index in [1.165, 1.54) is 0 Å². The van der Waals surface area contributed by atoms with Gasteiger partial charge in [0.05, 0.1) is 0 Å². The minimum absolute atomic E-state index is 0. The van der Waals surface area contributed by atoms with Crippen LogP contribution in [0.4, 0.5) is 13.2 Å². The number of hydrogen-bond acceptors (Lipinski definition) is 3. The van der Waals surface area contributed by atoms with E-state index in [1.54, 1.807) is 0 Å². The number of rotatable bonds is 2. The van der Waals surface area contributed by atoms with Crippen molar-refractivity contribution in [3.8, 4) is 0 Å². The molecule has 3 nitrogen and oxygen atoms in total. The maximum Gasteiger partial charge on any atom is 1.00 e. The number of alkyl halides is 3. The Morgan fingerprint density at radius 1 is 1.27 bits per heavy atom. The first-order chi connectivity index (χ1) is 4.33. The Kier molecular flexibility index (Phi) is 5.82. The number of halogens is 3. The molecule has 0 aromatic carbocycles. The zero-order chi connectivity index (χ0) is 8.36. The fourth-order valence-corrected chi connectivity index (χ4v) is 0.254. The zero-order valence-electron chi connectivity index (χ0n) is 5.57. The number of aliphatic carboxylic acids is 1. The summed E-state index contributed by atoms with van der Waals surface area (Å²) >= 11 is 0. The van der Waals surface area contributed by atoms with Crippen LogP contribution in [0.15, 0.2) is 0 Å². The first-order valence-electron chi connectivity index (χ1n) is 2.14. The number of Topliss-reactive ketones (excluding diaryl/α,β-unsaturated/α-hetero) is 1. The molecule has 0 amide bonds. The van der Waals surface area contributed by atoms with Gasteiger partial charge in [0, 0.05) is 0 Å². The zero-order valence-corrected chi connectivity index (χ0v) is 7.57. The third-order valence-electron chi connectivity index (χ3n) is 0.589. The van der Waals surface area contributed by atoms with Crippen molar-refractivity contribution in [1.29, 1.82) is 0 Å². The van der Waals surface area contributed by atoms with Gasteiger partial charge in [0.2, 0.25) is 0 Å². The van der Waals surface area contributed by atoms with Gasteiger partial charge in [0.1, 0.15) is 12.4 Å². The van der Waals surface area contributed by atoms with Crippen LogP contribution in [0.25, 0.3) is 0 Å². The van der Waals surface area contributed by atoms with E-state index in [4.69, 9.17) is 0 Å². The van der Waals surface area contributed by atoms with Gasteiger partial charge in [-0.3, -0.25) is 4.79 Å². The van der Waals surface area contributed by atoms with Crippen LogP contribution in [0.3, 0.4) is 0 Å². The molecule has 0 saturated carbocycles. The molecular formula is C4H2F3NaO3. The van der Waals surface area contributed by atoms with Gasteiger partial charge in [-0.05, 0) is 0 Å². The van der Waals surface area contributed by atoms with Crippen molar-refractivity contribution in [2.24, 2.45) is 0 Å². The Morgan fingerprint density at radius 3 is 1.73 bits per heavy atom. The first-order valence-corrected chi connectivity index (χ1v) is 2.14. The van der Waals surface area contributed by atoms with Crippen LogP contribution in [-0.2, 0) is 9.59 Å². The summed E-state index contributed by atoms with van der Waals surface area (Å²) in [6, 6.07) is 0. The molecule has 0 aliphatic heterocycles. The topological polar surface area (TPSA) is 57.2 Å². The summed E-state index contributed by atoms with van der Waals surface area (Å²) in [5, 5.41) is 9.42. The molecule has 0 atom stereocenters. The van der Waals surface area contributed by atoms with E-state index in [2.05, 4.69) is 0 Å². The van der Waals surface area contributed by atoms with E-state index < -0.39 is 24.3 Å². The Balaban J connectivity index is 0. The summed E-state index contributed by atoms with van der Waals surface area (Å²) in [7, 11) is 0. The van der Waals surface area contributed by atoms with Crippen LogP contribution >= 0.6 is 0 Å². The third-order valence-corrected chi connectivity index (χ3v) is 0.589. The molecule has 58 valence electrons. The third kappa shape index (κ3) is 7.83. The SMILES string of the molecule is O=C([O-])C(=O)CC(F)(F)F.[Na+]. The Hall–Kier alpha value is -0.0700. The predicted octanol–water partition coefficient (Wildman–Crippen LogP) is -3.74. The summed E-state index contributed by atoms with van der Waals surface area (Å²) in [5.41, 5.74) is 0. The Labute approximate surface area is 81.9 Å². The molecule has 0 saturated heterocycles. The second kappa shape index (κ2) is 4.74. The molecule has 0 N–H and O–H groups in total. The minimum atomic E-state index is -4.77. The average molecular weight is 178 g/mol. The monoisotopic (exact) mass is 178 g/mol. The quantitative estimate of drug-likeness (QED) is 0.322. The van der Waals surface area contributed by atoms with Gasteiger partial charge >= 0.3 is 35.7 Å². The van der Waals surface area contributed by atoms with Crippen LogP contribution < -0.4 is 34.7 Å². The van der Waals surface area contributed by atoms with E-state index in [1.807, 2.05) is 0 Å². The van der Waals surface area contributed by atoms with Gasteiger partial charge in [0.25, 0.3) is 0 Å². The molecule has 0 radical (unpaired) electrons. The van der Waals surface area contributed by atoms with Crippen LogP contribution in [0.1, 0.15) is 6.42 Å². The Bertz CT molecular complexity index is 164. The fraction of sp³-hybridized carbons (Fsp3) is 0.500. The summed E-state index contributed by atoms with van der Waals surface area (Å²) < 4.78 is 33.5. The number of carbonyl (C=O) groups excluding carboxylic acids is 2. The van der Waals surface area contributed by atoms with Gasteiger partial charge < -0.3 is 9.90 Å². The van der Waals surface area contributed by atoms with Crippen LogP contribution in [-0.4, -0.2) is 17.9 Å². The molecule has 0 unspecified atom stereocenters. The van der Waals surface area contributed by atoms with Crippen molar-refractivity contribution in [3.63, 3.8) is 0 Å². The van der Waals surface area contributed by atoms with Crippen molar-refractivity contribution in [1.82, 2.24) is 0 Å². The maximum absolute atomic E-state index is 11.2. The Morgan fingerprint density at radius 2 is 1.64 bits per heavy atom. The molecular weight excluding hydrogens is 176 g/mol. The number of hydrogen-bond donors (Lipinski definition) is 0. The fourth-order valence-electron chi connectivity index (χ4n) is 0.254. The van der Waals surface area contributed by atoms with E-state index in [0.717, 1.165) is 0 Å². The van der Waals surface area contributed by atoms with Crippen molar-refractivity contribution in [2.75, 3.05) is 0 Å². The number of carbonyl (C=O) groups is 2. The number of ketones is 1. The molecule has 7 heteroatoms. The second-order valence-corrected chi connectivity index (χ2v) is 1.50. The minimum Gasteiger partial charge on any atom is -0.542 e. The first kappa shape index (κ1) is 13.5. The maximum atomic E-state index is 11.2. The molecule has 0 aromatic rings. The van der Waals surface area contributed by atoms with Gasteiger partial charge in [0.15, 0.2) is 5.78 Å². The average Bonchev–Trinajstić information content (AvgIpc) is 1.60. The number of carboxylic acid groups (broad SMARTS) is 1. The summed E-state index contributed by atoms with van der Waals surface area (Å²) in [4.78, 5) is 19.2. The van der Waals surface area contributed by atoms with Crippen molar-refractivity contribution in [2.45, 2.75) is 12.6 Å². The summed E-state index contributed by atoms with van der Waals surface area (Å²) in [6.45, 7) is 0. The number of carboxylic acids is 1. The van der Waals surface area contributed by atoms with Gasteiger partial charge in [-0.2, -0.15) is 13.2 Å². The van der Waals surface area contributed by atoms with Crippen molar-refractivity contribution >= 4 is 11.8 Å². The molecule has 0 aromatic heterocycles. The van der Waals surface area contributed by atoms with E-state index in [0.29, 0.717) is 0 Å². The van der Waals surface area contributed by atoms with Crippen LogP contribution in [0.5, 0.6) is 0 Å². The largest absolute Gasteiger partial charge is 1.00 e. The molecule has 0 aliphatic carbocycles. The van der Waals surface area contributed by atoms with Crippen LogP contribution in [0, 0.1) is 0 Å². The van der Waals surface area contributed by atoms with Crippen LogP contribution in [0.2, 0.25) is 0 Å². The standard InChI is InChI=1S/C4H3F3O3.Na/c5-4(6,7)1-2(8)3(9)10;/h1H2,(H,9,10);/q;+1/p-1. The summed E-state index contributed by atoms with van der Waals surface area (Å²) in [5.74, 6) is -4.26. The predicted molar refractivity (Wildman–Crippen MR) is 20.7 cm³/mol. The van der Waals surface area contributed by atoms with Gasteiger partial charge in [-0.1, -0.05) is 0 Å². The molecule has 0 bridgehead atoms. The smallest absolute Gasteiger partial charge is 0.542 e. The normalized spacial score (nSPS) is 10.1. The molecule has 0 spiro atoms. The van der Waals surface area contributed by atoms with E-state index >= 15 is 0 Å². The molecule has 0 heterocycles. The molecule has 0 fully saturated rings. The van der Waals surface area contributed by atoms with Crippen molar-refractivity contribution in [3.05, 3.63) is 0 Å². The van der Waals surface area contributed by atoms with E-state index in [-0.39, 0.29) is 29.6 Å². The summed E-state index contributed by atoms with van der Waals surface area (Å²) in [6.07, 6.45) is -6.73. The second-order valence-electron chi connectivity index (χ2n) is 1.50. The molecule has 11 heavy (non-hydrogen) atoms. The van der Waals surface area contributed by atoms with E-state index in [9.17, 15) is 27.9 Å². The van der Waals surface area contributed by atoms with Gasteiger partial charge in [-0.15, -0.1) is 0 Å². The molecule has 0 rings (SSSR count).